The van der Waals surface area contributed by atoms with Crippen LogP contribution in [-0.2, 0) is 6.54 Å². The lowest BCUT2D eigenvalue weighted by Gasteiger charge is -2.27. The van der Waals surface area contributed by atoms with Crippen LogP contribution in [0.5, 0.6) is 0 Å². The third kappa shape index (κ3) is 4.99. The molecule has 1 N–H and O–H groups in total. The van der Waals surface area contributed by atoms with Gasteiger partial charge in [-0.15, -0.1) is 0 Å². The molecule has 2 heterocycles. The van der Waals surface area contributed by atoms with Crippen molar-refractivity contribution in [2.45, 2.75) is 65.5 Å². The van der Waals surface area contributed by atoms with Crippen molar-refractivity contribution in [3.05, 3.63) is 24.0 Å². The molecule has 1 aromatic heterocycles. The lowest BCUT2D eigenvalue weighted by Crippen LogP contribution is -2.36. The van der Waals surface area contributed by atoms with Crippen molar-refractivity contribution >= 4 is 5.69 Å². The summed E-state index contributed by atoms with van der Waals surface area (Å²) in [5, 5.41) is 3.59. The van der Waals surface area contributed by atoms with Crippen LogP contribution in [0.15, 0.2) is 18.5 Å². The molecule has 1 aliphatic heterocycles. The highest BCUT2D eigenvalue weighted by Crippen LogP contribution is 2.26. The molecule has 1 fully saturated rings. The first-order valence-corrected chi connectivity index (χ1v) is 8.42. The molecule has 0 saturated carbocycles. The smallest absolute Gasteiger partial charge is 0.0442 e. The Hall–Kier alpha value is -1.09. The minimum atomic E-state index is 0.138. The van der Waals surface area contributed by atoms with Crippen LogP contribution in [0.2, 0.25) is 0 Å². The number of pyridine rings is 1. The first-order valence-electron chi connectivity index (χ1n) is 8.42. The molecule has 1 aliphatic rings. The second-order valence-electron chi connectivity index (χ2n) is 7.30. The number of hydrogen-bond acceptors (Lipinski definition) is 3. The number of nitrogens with one attached hydrogen (secondary N) is 1. The molecule has 0 bridgehead atoms. The van der Waals surface area contributed by atoms with Gasteiger partial charge in [-0.1, -0.05) is 13.3 Å². The molecule has 118 valence electrons. The topological polar surface area (TPSA) is 28.2 Å². The molecular weight excluding hydrogens is 258 g/mol. The highest BCUT2D eigenvalue weighted by atomic mass is 15.1. The summed E-state index contributed by atoms with van der Waals surface area (Å²) in [6.45, 7) is 12.2. The van der Waals surface area contributed by atoms with Crippen molar-refractivity contribution in [3.8, 4) is 0 Å². The maximum absolute atomic E-state index is 4.33. The van der Waals surface area contributed by atoms with E-state index in [1.807, 2.05) is 12.4 Å². The van der Waals surface area contributed by atoms with Crippen molar-refractivity contribution in [3.63, 3.8) is 0 Å². The zero-order valence-electron chi connectivity index (χ0n) is 14.2. The van der Waals surface area contributed by atoms with E-state index in [-0.39, 0.29) is 5.54 Å². The first-order chi connectivity index (χ1) is 9.99. The molecule has 1 atom stereocenters. The van der Waals surface area contributed by atoms with Gasteiger partial charge in [0.05, 0.1) is 0 Å². The number of rotatable bonds is 4. The zero-order chi connectivity index (χ0) is 15.3. The van der Waals surface area contributed by atoms with E-state index in [9.17, 15) is 0 Å². The van der Waals surface area contributed by atoms with Gasteiger partial charge in [0, 0.05) is 48.8 Å². The van der Waals surface area contributed by atoms with Crippen LogP contribution in [0.3, 0.4) is 0 Å². The number of hydrogen-bond donors (Lipinski definition) is 1. The van der Waals surface area contributed by atoms with Gasteiger partial charge in [-0.05, 0) is 52.0 Å². The van der Waals surface area contributed by atoms with Crippen LogP contribution >= 0.6 is 0 Å². The molecule has 0 radical (unpaired) electrons. The van der Waals surface area contributed by atoms with Gasteiger partial charge >= 0.3 is 0 Å². The van der Waals surface area contributed by atoms with Gasteiger partial charge in [0.15, 0.2) is 0 Å². The quantitative estimate of drug-likeness (QED) is 0.908. The number of nitrogens with zero attached hydrogens (tertiary/aromatic N) is 2. The van der Waals surface area contributed by atoms with Crippen LogP contribution in [-0.4, -0.2) is 23.6 Å². The molecule has 21 heavy (non-hydrogen) atoms. The molecule has 1 saturated heterocycles. The molecule has 3 heteroatoms. The summed E-state index contributed by atoms with van der Waals surface area (Å²) in [7, 11) is 0. The van der Waals surface area contributed by atoms with Crippen LogP contribution in [0, 0.1) is 5.92 Å². The van der Waals surface area contributed by atoms with Crippen LogP contribution in [0.4, 0.5) is 5.69 Å². The van der Waals surface area contributed by atoms with E-state index in [1.54, 1.807) is 0 Å². The van der Waals surface area contributed by atoms with Gasteiger partial charge in [0.1, 0.15) is 0 Å². The Balaban J connectivity index is 2.08. The van der Waals surface area contributed by atoms with Crippen LogP contribution in [0.1, 0.15) is 58.9 Å². The molecule has 0 spiro atoms. The summed E-state index contributed by atoms with van der Waals surface area (Å²) in [5.74, 6) is 0.910. The normalized spacial score (nSPS) is 20.4. The second kappa shape index (κ2) is 7.26. The lowest BCUT2D eigenvalue weighted by atomic mass is 9.98. The minimum Gasteiger partial charge on any atom is -0.371 e. The summed E-state index contributed by atoms with van der Waals surface area (Å²) in [5.41, 5.74) is 2.83. The van der Waals surface area contributed by atoms with Gasteiger partial charge in [-0.2, -0.15) is 0 Å². The Morgan fingerprint density at radius 3 is 2.81 bits per heavy atom. The summed E-state index contributed by atoms with van der Waals surface area (Å²) < 4.78 is 0. The fourth-order valence-corrected chi connectivity index (χ4v) is 3.04. The summed E-state index contributed by atoms with van der Waals surface area (Å²) in [6.07, 6.45) is 9.29. The Morgan fingerprint density at radius 1 is 1.29 bits per heavy atom. The summed E-state index contributed by atoms with van der Waals surface area (Å²) in [4.78, 5) is 6.90. The fourth-order valence-electron chi connectivity index (χ4n) is 3.04. The van der Waals surface area contributed by atoms with E-state index in [1.165, 1.54) is 50.0 Å². The van der Waals surface area contributed by atoms with Gasteiger partial charge < -0.3 is 10.2 Å². The molecule has 0 aliphatic carbocycles. The Labute approximate surface area is 130 Å². The molecule has 2 rings (SSSR count). The maximum Gasteiger partial charge on any atom is 0.0442 e. The molecule has 1 unspecified atom stereocenters. The summed E-state index contributed by atoms with van der Waals surface area (Å²) >= 11 is 0. The van der Waals surface area contributed by atoms with Crippen LogP contribution in [0.25, 0.3) is 0 Å². The molecule has 1 aromatic rings. The maximum atomic E-state index is 4.33. The van der Waals surface area contributed by atoms with E-state index < -0.39 is 0 Å². The van der Waals surface area contributed by atoms with E-state index >= 15 is 0 Å². The first kappa shape index (κ1) is 16.3. The summed E-state index contributed by atoms with van der Waals surface area (Å²) in [6, 6.07) is 2.19. The molecule has 3 nitrogen and oxygen atoms in total. The lowest BCUT2D eigenvalue weighted by molar-refractivity contribution is 0.424. The highest BCUT2D eigenvalue weighted by molar-refractivity contribution is 5.52. The van der Waals surface area contributed by atoms with Crippen LogP contribution < -0.4 is 10.2 Å². The highest BCUT2D eigenvalue weighted by Gasteiger charge is 2.18. The number of aromatic nitrogens is 1. The zero-order valence-corrected chi connectivity index (χ0v) is 14.2. The van der Waals surface area contributed by atoms with Crippen molar-refractivity contribution < 1.29 is 0 Å². The number of anilines is 1. The van der Waals surface area contributed by atoms with Crippen molar-refractivity contribution in [2.75, 3.05) is 18.0 Å². The third-order valence-corrected chi connectivity index (χ3v) is 4.45. The average Bonchev–Trinajstić information content (AvgIpc) is 2.70. The van der Waals surface area contributed by atoms with Crippen molar-refractivity contribution in [1.82, 2.24) is 10.3 Å². The minimum absolute atomic E-state index is 0.138. The van der Waals surface area contributed by atoms with Crippen molar-refractivity contribution in [2.24, 2.45) is 5.92 Å². The Bertz CT molecular complexity index is 436. The SMILES string of the molecule is CCC1CCCN(c2ccncc2CNC(C)(C)C)CC1. The van der Waals surface area contributed by atoms with E-state index in [0.717, 1.165) is 12.5 Å². The predicted molar refractivity (Wildman–Crippen MR) is 90.7 cm³/mol. The monoisotopic (exact) mass is 289 g/mol. The average molecular weight is 289 g/mol. The van der Waals surface area contributed by atoms with Gasteiger partial charge in [0.2, 0.25) is 0 Å². The van der Waals surface area contributed by atoms with E-state index in [0.29, 0.717) is 0 Å². The molecule has 0 aromatic carbocycles. The second-order valence-corrected chi connectivity index (χ2v) is 7.30. The fraction of sp³-hybridized carbons (Fsp3) is 0.722. The predicted octanol–water partition coefficient (Wildman–Crippen LogP) is 3.99. The largest absolute Gasteiger partial charge is 0.371 e. The Morgan fingerprint density at radius 2 is 2.10 bits per heavy atom. The molecular formula is C18H31N3. The van der Waals surface area contributed by atoms with Gasteiger partial charge in [0.25, 0.3) is 0 Å². The van der Waals surface area contributed by atoms with Gasteiger partial charge in [-0.3, -0.25) is 4.98 Å². The van der Waals surface area contributed by atoms with Crippen molar-refractivity contribution in [1.29, 1.82) is 0 Å². The van der Waals surface area contributed by atoms with Gasteiger partial charge in [-0.25, -0.2) is 0 Å². The van der Waals surface area contributed by atoms with E-state index in [4.69, 9.17) is 0 Å². The molecule has 0 amide bonds. The Kier molecular flexibility index (Phi) is 5.63. The third-order valence-electron chi connectivity index (χ3n) is 4.45. The standard InChI is InChI=1S/C18H31N3/c1-5-15-7-6-11-21(12-9-15)17-8-10-19-13-16(17)14-20-18(2,3)4/h8,10,13,15,20H,5-7,9,11-12,14H2,1-4H3. The van der Waals surface area contributed by atoms with E-state index in [2.05, 4.69) is 49.0 Å².